The lowest BCUT2D eigenvalue weighted by atomic mass is 9.95. The predicted octanol–water partition coefficient (Wildman–Crippen LogP) is 3.50. The SMILES string of the molecule is c1ccc(-c2[nH]ncc2CNC2CCCCC2)cc1. The summed E-state index contributed by atoms with van der Waals surface area (Å²) in [5.41, 5.74) is 3.61. The van der Waals surface area contributed by atoms with Gasteiger partial charge in [-0.05, 0) is 18.4 Å². The van der Waals surface area contributed by atoms with Gasteiger partial charge in [0.15, 0.2) is 0 Å². The van der Waals surface area contributed by atoms with E-state index in [1.165, 1.54) is 43.2 Å². The fourth-order valence-electron chi connectivity index (χ4n) is 2.86. The van der Waals surface area contributed by atoms with E-state index in [1.54, 1.807) is 0 Å². The second-order valence-electron chi connectivity index (χ2n) is 5.35. The zero-order chi connectivity index (χ0) is 12.9. The number of aromatic nitrogens is 2. The average Bonchev–Trinajstić information content (AvgIpc) is 2.95. The van der Waals surface area contributed by atoms with Gasteiger partial charge in [0.25, 0.3) is 0 Å². The van der Waals surface area contributed by atoms with Gasteiger partial charge in [-0.25, -0.2) is 0 Å². The molecular weight excluding hydrogens is 234 g/mol. The van der Waals surface area contributed by atoms with Crippen LogP contribution in [0.5, 0.6) is 0 Å². The molecule has 19 heavy (non-hydrogen) atoms. The fraction of sp³-hybridized carbons (Fsp3) is 0.438. The maximum atomic E-state index is 4.20. The molecule has 1 aliphatic rings. The van der Waals surface area contributed by atoms with Gasteiger partial charge >= 0.3 is 0 Å². The van der Waals surface area contributed by atoms with E-state index in [4.69, 9.17) is 0 Å². The summed E-state index contributed by atoms with van der Waals surface area (Å²) in [6, 6.07) is 11.1. The van der Waals surface area contributed by atoms with E-state index in [2.05, 4.69) is 39.8 Å². The number of rotatable bonds is 4. The molecule has 0 unspecified atom stereocenters. The lowest BCUT2D eigenvalue weighted by Gasteiger charge is -2.22. The largest absolute Gasteiger partial charge is 0.310 e. The van der Waals surface area contributed by atoms with Crippen LogP contribution in [0.25, 0.3) is 11.3 Å². The molecular formula is C16H21N3. The van der Waals surface area contributed by atoms with Crippen LogP contribution < -0.4 is 5.32 Å². The molecule has 0 atom stereocenters. The molecule has 1 aromatic carbocycles. The first-order valence-corrected chi connectivity index (χ1v) is 7.24. The molecule has 0 aliphatic heterocycles. The van der Waals surface area contributed by atoms with Crippen molar-refractivity contribution in [1.29, 1.82) is 0 Å². The lowest BCUT2D eigenvalue weighted by Crippen LogP contribution is -2.30. The number of aromatic amines is 1. The maximum absolute atomic E-state index is 4.20. The maximum Gasteiger partial charge on any atom is 0.0695 e. The molecule has 2 N–H and O–H groups in total. The number of hydrogen-bond donors (Lipinski definition) is 2. The van der Waals surface area contributed by atoms with Crippen LogP contribution in [-0.4, -0.2) is 16.2 Å². The summed E-state index contributed by atoms with van der Waals surface area (Å²) < 4.78 is 0. The van der Waals surface area contributed by atoms with E-state index in [1.807, 2.05) is 12.3 Å². The summed E-state index contributed by atoms with van der Waals surface area (Å²) in [6.07, 6.45) is 8.72. The van der Waals surface area contributed by atoms with Gasteiger partial charge in [0, 0.05) is 18.2 Å². The molecule has 100 valence electrons. The second kappa shape index (κ2) is 6.02. The Balaban J connectivity index is 1.67. The monoisotopic (exact) mass is 255 g/mol. The normalized spacial score (nSPS) is 16.6. The van der Waals surface area contributed by atoms with Crippen molar-refractivity contribution in [3.63, 3.8) is 0 Å². The smallest absolute Gasteiger partial charge is 0.0695 e. The first-order valence-electron chi connectivity index (χ1n) is 7.24. The fourth-order valence-corrected chi connectivity index (χ4v) is 2.86. The molecule has 3 nitrogen and oxygen atoms in total. The van der Waals surface area contributed by atoms with E-state index in [0.717, 1.165) is 12.2 Å². The van der Waals surface area contributed by atoms with Crippen molar-refractivity contribution in [3.05, 3.63) is 42.1 Å². The quantitative estimate of drug-likeness (QED) is 0.878. The van der Waals surface area contributed by atoms with Crippen LogP contribution in [0.3, 0.4) is 0 Å². The van der Waals surface area contributed by atoms with Crippen LogP contribution in [0.1, 0.15) is 37.7 Å². The second-order valence-corrected chi connectivity index (χ2v) is 5.35. The lowest BCUT2D eigenvalue weighted by molar-refractivity contribution is 0.372. The summed E-state index contributed by atoms with van der Waals surface area (Å²) in [7, 11) is 0. The molecule has 3 heteroatoms. The van der Waals surface area contributed by atoms with Crippen LogP contribution in [0.4, 0.5) is 0 Å². The van der Waals surface area contributed by atoms with Crippen molar-refractivity contribution in [2.45, 2.75) is 44.7 Å². The Morgan fingerprint density at radius 2 is 1.89 bits per heavy atom. The molecule has 1 aromatic heterocycles. The highest BCUT2D eigenvalue weighted by molar-refractivity contribution is 5.62. The molecule has 1 fully saturated rings. The zero-order valence-electron chi connectivity index (χ0n) is 11.2. The topological polar surface area (TPSA) is 40.7 Å². The molecule has 1 saturated carbocycles. The number of benzene rings is 1. The first kappa shape index (κ1) is 12.4. The third-order valence-corrected chi connectivity index (χ3v) is 3.97. The third kappa shape index (κ3) is 3.04. The van der Waals surface area contributed by atoms with Gasteiger partial charge < -0.3 is 5.32 Å². The van der Waals surface area contributed by atoms with Gasteiger partial charge in [-0.3, -0.25) is 5.10 Å². The van der Waals surface area contributed by atoms with Gasteiger partial charge in [0.2, 0.25) is 0 Å². The van der Waals surface area contributed by atoms with E-state index < -0.39 is 0 Å². The standard InChI is InChI=1S/C16H21N3/c1-3-7-13(8-4-1)16-14(12-18-19-16)11-17-15-9-5-2-6-10-15/h1,3-4,7-8,12,15,17H,2,5-6,9-11H2,(H,18,19). The highest BCUT2D eigenvalue weighted by Crippen LogP contribution is 2.22. The van der Waals surface area contributed by atoms with Gasteiger partial charge in [0.1, 0.15) is 0 Å². The van der Waals surface area contributed by atoms with Crippen LogP contribution >= 0.6 is 0 Å². The Kier molecular flexibility index (Phi) is 3.94. The number of nitrogens with one attached hydrogen (secondary N) is 2. The van der Waals surface area contributed by atoms with E-state index in [0.29, 0.717) is 6.04 Å². The minimum atomic E-state index is 0.687. The highest BCUT2D eigenvalue weighted by atomic mass is 15.1. The summed E-state index contributed by atoms with van der Waals surface area (Å²) in [5.74, 6) is 0. The number of hydrogen-bond acceptors (Lipinski definition) is 2. The number of nitrogens with zero attached hydrogens (tertiary/aromatic N) is 1. The van der Waals surface area contributed by atoms with Gasteiger partial charge in [-0.2, -0.15) is 5.10 Å². The van der Waals surface area contributed by atoms with Crippen molar-refractivity contribution in [2.24, 2.45) is 0 Å². The molecule has 0 radical (unpaired) electrons. The molecule has 1 heterocycles. The molecule has 0 saturated heterocycles. The molecule has 3 rings (SSSR count). The molecule has 0 spiro atoms. The van der Waals surface area contributed by atoms with Crippen molar-refractivity contribution in [2.75, 3.05) is 0 Å². The average molecular weight is 255 g/mol. The van der Waals surface area contributed by atoms with Gasteiger partial charge in [-0.15, -0.1) is 0 Å². The Bertz CT molecular complexity index is 498. The number of H-pyrrole nitrogens is 1. The molecule has 0 amide bonds. The molecule has 1 aliphatic carbocycles. The highest BCUT2D eigenvalue weighted by Gasteiger charge is 2.14. The van der Waals surface area contributed by atoms with E-state index in [9.17, 15) is 0 Å². The first-order chi connectivity index (χ1) is 9.43. The minimum Gasteiger partial charge on any atom is -0.310 e. The summed E-state index contributed by atoms with van der Waals surface area (Å²) in [6.45, 7) is 0.908. The van der Waals surface area contributed by atoms with Crippen molar-refractivity contribution in [1.82, 2.24) is 15.5 Å². The summed E-state index contributed by atoms with van der Waals surface area (Å²) in [4.78, 5) is 0. The summed E-state index contributed by atoms with van der Waals surface area (Å²) >= 11 is 0. The zero-order valence-corrected chi connectivity index (χ0v) is 11.2. The third-order valence-electron chi connectivity index (χ3n) is 3.97. The summed E-state index contributed by atoms with van der Waals surface area (Å²) in [5, 5.41) is 11.0. The van der Waals surface area contributed by atoms with Crippen molar-refractivity contribution < 1.29 is 0 Å². The Hall–Kier alpha value is -1.61. The molecule has 0 bridgehead atoms. The Morgan fingerprint density at radius 1 is 1.11 bits per heavy atom. The van der Waals surface area contributed by atoms with Gasteiger partial charge in [0.05, 0.1) is 11.9 Å². The van der Waals surface area contributed by atoms with Gasteiger partial charge in [-0.1, -0.05) is 49.6 Å². The van der Waals surface area contributed by atoms with Crippen LogP contribution in [0, 0.1) is 0 Å². The van der Waals surface area contributed by atoms with Crippen LogP contribution in [0.2, 0.25) is 0 Å². The predicted molar refractivity (Wildman–Crippen MR) is 77.7 cm³/mol. The van der Waals surface area contributed by atoms with E-state index in [-0.39, 0.29) is 0 Å². The Labute approximate surface area is 114 Å². The minimum absolute atomic E-state index is 0.687. The van der Waals surface area contributed by atoms with Crippen LogP contribution in [-0.2, 0) is 6.54 Å². The van der Waals surface area contributed by atoms with Crippen molar-refractivity contribution in [3.8, 4) is 11.3 Å². The van der Waals surface area contributed by atoms with E-state index >= 15 is 0 Å². The van der Waals surface area contributed by atoms with Crippen molar-refractivity contribution >= 4 is 0 Å². The molecule has 2 aromatic rings. The Morgan fingerprint density at radius 3 is 2.68 bits per heavy atom. The van der Waals surface area contributed by atoms with Crippen LogP contribution in [0.15, 0.2) is 36.5 Å².